The van der Waals surface area contributed by atoms with Crippen LogP contribution in [0.15, 0.2) is 0 Å². The standard InChI is InChI=1S/C6H11N2O2P.C5H10N2O2.2C2H6/c9-6-7-3-1-2-5(4-7)8(6)10-11;8-4-7-9-3-5-1-2-6-5;2*1-2/h5H,1-4,11H2;4-6H,1-3H2,(H,7,8);2*1-2H3/t2*5-;;/m10../s1. The number of piperidine rings is 1. The van der Waals surface area contributed by atoms with Gasteiger partial charge in [0.25, 0.3) is 0 Å². The van der Waals surface area contributed by atoms with Gasteiger partial charge in [0.15, 0.2) is 0 Å². The Morgan fingerprint density at radius 3 is 2.46 bits per heavy atom. The molecule has 9 heteroatoms. The van der Waals surface area contributed by atoms with Gasteiger partial charge in [-0.1, -0.05) is 27.7 Å². The van der Waals surface area contributed by atoms with E-state index in [0.717, 1.165) is 38.9 Å². The van der Waals surface area contributed by atoms with Crippen molar-refractivity contribution in [1.82, 2.24) is 20.8 Å². The maximum absolute atomic E-state index is 11.3. The van der Waals surface area contributed by atoms with E-state index < -0.39 is 0 Å². The van der Waals surface area contributed by atoms with Crippen LogP contribution in [0.4, 0.5) is 4.79 Å². The third-order valence-corrected chi connectivity index (χ3v) is 3.87. The van der Waals surface area contributed by atoms with Crippen LogP contribution >= 0.6 is 9.47 Å². The largest absolute Gasteiger partial charge is 0.344 e. The predicted molar refractivity (Wildman–Crippen MR) is 96.9 cm³/mol. The number of nitrogens with one attached hydrogen (secondary N) is 2. The Morgan fingerprint density at radius 1 is 1.33 bits per heavy atom. The van der Waals surface area contributed by atoms with Crippen molar-refractivity contribution < 1.29 is 19.1 Å². The first-order valence-electron chi connectivity index (χ1n) is 8.75. The molecule has 0 saturated carbocycles. The van der Waals surface area contributed by atoms with Crippen LogP contribution in [0.25, 0.3) is 0 Å². The molecule has 0 aromatic heterocycles. The van der Waals surface area contributed by atoms with E-state index in [0.29, 0.717) is 19.1 Å². The van der Waals surface area contributed by atoms with Crippen LogP contribution in [0, 0.1) is 0 Å². The van der Waals surface area contributed by atoms with Crippen molar-refractivity contribution in [2.24, 2.45) is 0 Å². The Morgan fingerprint density at radius 2 is 2.00 bits per heavy atom. The monoisotopic (exact) mass is 364 g/mol. The summed E-state index contributed by atoms with van der Waals surface area (Å²) in [4.78, 5) is 27.5. The van der Waals surface area contributed by atoms with Gasteiger partial charge < -0.3 is 10.2 Å². The van der Waals surface area contributed by atoms with Crippen LogP contribution < -0.4 is 10.8 Å². The van der Waals surface area contributed by atoms with E-state index in [4.69, 9.17) is 9.46 Å². The molecule has 2 N–H and O–H groups in total. The summed E-state index contributed by atoms with van der Waals surface area (Å²) in [5.41, 5.74) is 2.13. The van der Waals surface area contributed by atoms with E-state index in [1.54, 1.807) is 0 Å². The number of fused-ring (bicyclic) bond motifs is 2. The molecule has 3 amide bonds. The van der Waals surface area contributed by atoms with Gasteiger partial charge in [0.05, 0.1) is 12.6 Å². The maximum atomic E-state index is 11.3. The van der Waals surface area contributed by atoms with Crippen molar-refractivity contribution in [1.29, 1.82) is 0 Å². The summed E-state index contributed by atoms with van der Waals surface area (Å²) in [5, 5.41) is 4.58. The van der Waals surface area contributed by atoms with Gasteiger partial charge in [0.1, 0.15) is 0 Å². The van der Waals surface area contributed by atoms with Crippen LogP contribution in [0.2, 0.25) is 0 Å². The van der Waals surface area contributed by atoms with E-state index in [1.165, 1.54) is 5.06 Å². The number of nitrogens with zero attached hydrogens (tertiary/aromatic N) is 2. The molecule has 0 aliphatic carbocycles. The van der Waals surface area contributed by atoms with Crippen LogP contribution in [0.1, 0.15) is 47.0 Å². The van der Waals surface area contributed by atoms with E-state index in [1.807, 2.05) is 32.6 Å². The summed E-state index contributed by atoms with van der Waals surface area (Å²) >= 11 is 0. The van der Waals surface area contributed by atoms with E-state index in [9.17, 15) is 9.59 Å². The van der Waals surface area contributed by atoms with E-state index in [2.05, 4.69) is 20.3 Å². The lowest BCUT2D eigenvalue weighted by molar-refractivity contribution is -0.121. The highest BCUT2D eigenvalue weighted by Gasteiger charge is 2.40. The van der Waals surface area contributed by atoms with Gasteiger partial charge in [0, 0.05) is 28.6 Å². The van der Waals surface area contributed by atoms with E-state index in [-0.39, 0.29) is 12.1 Å². The maximum Gasteiger partial charge on any atom is 0.344 e. The predicted octanol–water partition coefficient (Wildman–Crippen LogP) is 1.69. The highest BCUT2D eigenvalue weighted by atomic mass is 31.0. The first-order valence-corrected chi connectivity index (χ1v) is 9.22. The molecule has 3 saturated heterocycles. The third-order valence-electron chi connectivity index (χ3n) is 3.64. The molecule has 3 heterocycles. The Balaban J connectivity index is 0.000000371. The van der Waals surface area contributed by atoms with Crippen LogP contribution in [0.3, 0.4) is 0 Å². The normalized spacial score (nSPS) is 23.5. The molecule has 3 fully saturated rings. The number of rotatable bonds is 5. The molecule has 3 atom stereocenters. The number of carbonyl (C=O) groups excluding carboxylic acids is 2. The fraction of sp³-hybridized carbons (Fsp3) is 0.867. The average molecular weight is 364 g/mol. The first kappa shape index (κ1) is 23.1. The molecular weight excluding hydrogens is 331 g/mol. The summed E-state index contributed by atoms with van der Waals surface area (Å²) in [6.07, 6.45) is 3.83. The summed E-state index contributed by atoms with van der Waals surface area (Å²) < 4.78 is 4.90. The van der Waals surface area contributed by atoms with E-state index >= 15 is 0 Å². The smallest absolute Gasteiger partial charge is 0.321 e. The van der Waals surface area contributed by atoms with Crippen molar-refractivity contribution in [3.8, 4) is 0 Å². The number of carbonyl (C=O) groups is 2. The molecule has 142 valence electrons. The Kier molecular flexibility index (Phi) is 13.8. The van der Waals surface area contributed by atoms with Gasteiger partial charge >= 0.3 is 6.03 Å². The van der Waals surface area contributed by atoms with Gasteiger partial charge in [-0.2, -0.15) is 5.06 Å². The number of hydrogen-bond acceptors (Lipinski definition) is 5. The van der Waals surface area contributed by atoms with Crippen molar-refractivity contribution in [2.45, 2.75) is 59.0 Å². The van der Waals surface area contributed by atoms with Crippen molar-refractivity contribution in [3.05, 3.63) is 0 Å². The zero-order valence-electron chi connectivity index (χ0n) is 15.3. The highest BCUT2D eigenvalue weighted by Crippen LogP contribution is 2.26. The van der Waals surface area contributed by atoms with Crippen LogP contribution in [-0.2, 0) is 14.3 Å². The Bertz CT molecular complexity index is 345. The summed E-state index contributed by atoms with van der Waals surface area (Å²) in [7, 11) is 2.12. The van der Waals surface area contributed by atoms with Gasteiger partial charge in [0.2, 0.25) is 6.41 Å². The lowest BCUT2D eigenvalue weighted by Gasteiger charge is -2.26. The molecule has 0 aromatic carbocycles. The topological polar surface area (TPSA) is 83.1 Å². The molecule has 3 aliphatic heterocycles. The van der Waals surface area contributed by atoms with Gasteiger partial charge in [-0.05, 0) is 25.8 Å². The minimum Gasteiger partial charge on any atom is -0.321 e. The van der Waals surface area contributed by atoms with Gasteiger partial charge in [-0.3, -0.25) is 14.3 Å². The fourth-order valence-electron chi connectivity index (χ4n) is 2.42. The number of hydroxylamine groups is 3. The van der Waals surface area contributed by atoms with Crippen molar-refractivity contribution >= 4 is 21.9 Å². The lowest BCUT2D eigenvalue weighted by Crippen LogP contribution is -2.46. The second-order valence-electron chi connectivity index (χ2n) is 4.94. The zero-order chi connectivity index (χ0) is 18.4. The Hall–Kier alpha value is -0.950. The Labute approximate surface area is 147 Å². The fourth-order valence-corrected chi connectivity index (χ4v) is 2.68. The molecule has 0 radical (unpaired) electrons. The van der Waals surface area contributed by atoms with Crippen LogP contribution in [0.5, 0.6) is 0 Å². The summed E-state index contributed by atoms with van der Waals surface area (Å²) in [5.74, 6) is 0. The molecule has 1 unspecified atom stereocenters. The van der Waals surface area contributed by atoms with Gasteiger partial charge in [-0.15, -0.1) is 0 Å². The summed E-state index contributed by atoms with van der Waals surface area (Å²) in [6.45, 7) is 11.4. The lowest BCUT2D eigenvalue weighted by atomic mass is 10.1. The average Bonchev–Trinajstić information content (AvgIpc) is 2.82. The number of hydrogen-bond donors (Lipinski definition) is 2. The molecule has 8 nitrogen and oxygen atoms in total. The second kappa shape index (κ2) is 14.4. The molecular formula is C15H33N4O4P. The van der Waals surface area contributed by atoms with Crippen molar-refractivity contribution in [2.75, 3.05) is 26.2 Å². The number of amides is 3. The highest BCUT2D eigenvalue weighted by molar-refractivity contribution is 7.09. The number of urea groups is 1. The SMILES string of the molecule is CC.CC.O=C1N2CCC[C@H](C2)N1OP.O=CNOC[C@@H]1CCN1. The minimum absolute atomic E-state index is 0.0162. The third kappa shape index (κ3) is 7.30. The molecule has 2 bridgehead atoms. The first-order chi connectivity index (χ1) is 11.8. The summed E-state index contributed by atoms with van der Waals surface area (Å²) in [6, 6.07) is 0.744. The quantitative estimate of drug-likeness (QED) is 0.336. The molecule has 3 rings (SSSR count). The molecule has 3 aliphatic rings. The minimum atomic E-state index is 0.0162. The molecule has 0 aromatic rings. The van der Waals surface area contributed by atoms with Gasteiger partial charge in [-0.25, -0.2) is 10.3 Å². The second-order valence-corrected chi connectivity index (χ2v) is 5.15. The molecule has 0 spiro atoms. The van der Waals surface area contributed by atoms with Crippen LogP contribution in [-0.4, -0.2) is 60.7 Å². The van der Waals surface area contributed by atoms with Crippen molar-refractivity contribution in [3.63, 3.8) is 0 Å². The zero-order valence-corrected chi connectivity index (χ0v) is 16.4. The molecule has 24 heavy (non-hydrogen) atoms.